The molecule has 2 aromatic carbocycles. The Morgan fingerprint density at radius 1 is 1.03 bits per heavy atom. The Balaban J connectivity index is 1.46. The van der Waals surface area contributed by atoms with Gasteiger partial charge in [-0.1, -0.05) is 0 Å². The molecule has 0 unspecified atom stereocenters. The van der Waals surface area contributed by atoms with Crippen LogP contribution in [-0.4, -0.2) is 40.7 Å². The monoisotopic (exact) mass is 431 g/mol. The summed E-state index contributed by atoms with van der Waals surface area (Å²) in [6.07, 6.45) is 3.93. The molecule has 4 N–H and O–H groups in total. The van der Waals surface area contributed by atoms with Crippen LogP contribution >= 0.6 is 0 Å². The summed E-state index contributed by atoms with van der Waals surface area (Å²) < 4.78 is 12.7. The fourth-order valence-electron chi connectivity index (χ4n) is 4.28. The highest BCUT2D eigenvalue weighted by Gasteiger charge is 2.25. The van der Waals surface area contributed by atoms with E-state index in [9.17, 15) is 4.79 Å². The third-order valence-electron chi connectivity index (χ3n) is 5.94. The number of nitrogens with one attached hydrogen (secondary N) is 2. The average molecular weight is 431 g/mol. The van der Waals surface area contributed by atoms with Gasteiger partial charge in [-0.15, -0.1) is 0 Å². The average Bonchev–Trinajstić information content (AvgIpc) is 3.40. The maximum atomic E-state index is 12.3. The van der Waals surface area contributed by atoms with Gasteiger partial charge in [0, 0.05) is 11.1 Å². The van der Waals surface area contributed by atoms with Crippen molar-refractivity contribution in [2.24, 2.45) is 5.73 Å². The minimum atomic E-state index is -0.523. The van der Waals surface area contributed by atoms with Crippen molar-refractivity contribution in [1.29, 1.82) is 0 Å². The van der Waals surface area contributed by atoms with Crippen LogP contribution in [0.25, 0.3) is 16.9 Å². The highest BCUT2D eigenvalue weighted by atomic mass is 16.5. The first-order valence-corrected chi connectivity index (χ1v) is 10.7. The van der Waals surface area contributed by atoms with Gasteiger partial charge in [0.1, 0.15) is 22.9 Å². The zero-order chi connectivity index (χ0) is 22.1. The fraction of sp³-hybridized carbons (Fsp3) is 0.250. The van der Waals surface area contributed by atoms with Crippen LogP contribution in [0.5, 0.6) is 17.2 Å². The first kappa shape index (κ1) is 20.1. The maximum absolute atomic E-state index is 12.3. The Morgan fingerprint density at radius 2 is 1.66 bits per heavy atom. The third kappa shape index (κ3) is 3.69. The minimum Gasteiger partial charge on any atom is -0.497 e. The molecule has 1 amide bonds. The van der Waals surface area contributed by atoms with Crippen molar-refractivity contribution in [1.82, 2.24) is 19.9 Å². The van der Waals surface area contributed by atoms with Gasteiger partial charge in [0.25, 0.3) is 5.91 Å². The molecule has 1 fully saturated rings. The van der Waals surface area contributed by atoms with E-state index in [4.69, 9.17) is 15.2 Å². The molecule has 1 saturated heterocycles. The van der Waals surface area contributed by atoms with E-state index in [1.165, 1.54) is 0 Å². The van der Waals surface area contributed by atoms with Gasteiger partial charge < -0.3 is 25.5 Å². The SMILES string of the molecule is COc1ccc(Oc2ccc(-c3[nH]c4c(C5CCNCC5)cnn4c3C(N)=O)cc2)cc1. The Kier molecular flexibility index (Phi) is 5.28. The van der Waals surface area contributed by atoms with Crippen LogP contribution in [0, 0.1) is 0 Å². The topological polar surface area (TPSA) is 107 Å². The van der Waals surface area contributed by atoms with Gasteiger partial charge in [0.05, 0.1) is 19.0 Å². The quantitative estimate of drug-likeness (QED) is 0.432. The van der Waals surface area contributed by atoms with Gasteiger partial charge >= 0.3 is 0 Å². The number of piperidine rings is 1. The summed E-state index contributed by atoms with van der Waals surface area (Å²) in [5.74, 6) is 2.05. The van der Waals surface area contributed by atoms with Crippen molar-refractivity contribution in [2.75, 3.05) is 20.2 Å². The minimum absolute atomic E-state index is 0.351. The molecule has 0 aliphatic carbocycles. The van der Waals surface area contributed by atoms with Gasteiger partial charge in [-0.05, 0) is 80.4 Å². The van der Waals surface area contributed by atoms with Crippen molar-refractivity contribution in [3.8, 4) is 28.5 Å². The third-order valence-corrected chi connectivity index (χ3v) is 5.94. The highest BCUT2D eigenvalue weighted by molar-refractivity contribution is 5.98. The number of hydrogen-bond acceptors (Lipinski definition) is 5. The lowest BCUT2D eigenvalue weighted by Crippen LogP contribution is -2.26. The number of imidazole rings is 1. The first-order chi connectivity index (χ1) is 15.6. The summed E-state index contributed by atoms with van der Waals surface area (Å²) in [5, 5.41) is 7.86. The van der Waals surface area contributed by atoms with Crippen molar-refractivity contribution in [3.63, 3.8) is 0 Å². The number of amides is 1. The zero-order valence-corrected chi connectivity index (χ0v) is 17.8. The molecule has 0 saturated carbocycles. The number of nitrogens with two attached hydrogens (primary N) is 1. The molecule has 3 heterocycles. The van der Waals surface area contributed by atoms with Gasteiger partial charge in [0.2, 0.25) is 0 Å². The highest BCUT2D eigenvalue weighted by Crippen LogP contribution is 2.33. The van der Waals surface area contributed by atoms with Gasteiger partial charge in [-0.25, -0.2) is 4.52 Å². The number of aromatic nitrogens is 3. The number of carbonyl (C=O) groups excluding carboxylic acids is 1. The molecule has 4 aromatic rings. The number of ether oxygens (including phenoxy) is 2. The maximum Gasteiger partial charge on any atom is 0.269 e. The van der Waals surface area contributed by atoms with Crippen LogP contribution in [0.3, 0.4) is 0 Å². The molecular formula is C24H25N5O3. The molecule has 164 valence electrons. The normalized spacial score (nSPS) is 14.5. The van der Waals surface area contributed by atoms with Crippen molar-refractivity contribution < 1.29 is 14.3 Å². The zero-order valence-electron chi connectivity index (χ0n) is 17.8. The first-order valence-electron chi connectivity index (χ1n) is 10.7. The Morgan fingerprint density at radius 3 is 2.28 bits per heavy atom. The van der Waals surface area contributed by atoms with Crippen LogP contribution in [0.15, 0.2) is 54.7 Å². The predicted molar refractivity (Wildman–Crippen MR) is 121 cm³/mol. The largest absolute Gasteiger partial charge is 0.497 e. The fourth-order valence-corrected chi connectivity index (χ4v) is 4.28. The molecule has 32 heavy (non-hydrogen) atoms. The van der Waals surface area contributed by atoms with E-state index in [0.29, 0.717) is 28.8 Å². The smallest absolute Gasteiger partial charge is 0.269 e. The number of carbonyl (C=O) groups is 1. The molecule has 8 nitrogen and oxygen atoms in total. The number of primary amides is 1. The van der Waals surface area contributed by atoms with Crippen LogP contribution in [0.1, 0.15) is 34.8 Å². The number of aromatic amines is 1. The van der Waals surface area contributed by atoms with E-state index in [0.717, 1.165) is 48.5 Å². The number of benzene rings is 2. The number of H-pyrrole nitrogens is 1. The molecular weight excluding hydrogens is 406 g/mol. The second-order valence-electron chi connectivity index (χ2n) is 7.90. The van der Waals surface area contributed by atoms with Gasteiger partial charge in [-0.3, -0.25) is 4.79 Å². The molecule has 1 aliphatic heterocycles. The number of hydrogen-bond donors (Lipinski definition) is 3. The number of rotatable bonds is 6. The molecule has 0 bridgehead atoms. The lowest BCUT2D eigenvalue weighted by atomic mass is 9.92. The van der Waals surface area contributed by atoms with Crippen LogP contribution in [0.2, 0.25) is 0 Å². The van der Waals surface area contributed by atoms with E-state index < -0.39 is 5.91 Å². The second-order valence-corrected chi connectivity index (χ2v) is 7.90. The summed E-state index contributed by atoms with van der Waals surface area (Å²) in [6.45, 7) is 1.96. The van der Waals surface area contributed by atoms with Crippen LogP contribution in [-0.2, 0) is 0 Å². The van der Waals surface area contributed by atoms with E-state index in [-0.39, 0.29) is 0 Å². The summed E-state index contributed by atoms with van der Waals surface area (Å²) in [7, 11) is 1.63. The predicted octanol–water partition coefficient (Wildman–Crippen LogP) is 3.70. The van der Waals surface area contributed by atoms with E-state index in [1.54, 1.807) is 11.6 Å². The summed E-state index contributed by atoms with van der Waals surface area (Å²) >= 11 is 0. The Labute approximate surface area is 185 Å². The molecule has 0 atom stereocenters. The molecule has 8 heteroatoms. The molecule has 2 aromatic heterocycles. The van der Waals surface area contributed by atoms with E-state index in [1.807, 2.05) is 54.7 Å². The van der Waals surface area contributed by atoms with Gasteiger partial charge in [0.15, 0.2) is 5.69 Å². The number of methoxy groups -OCH3 is 1. The molecule has 1 aliphatic rings. The standard InChI is InChI=1S/C24H25N5O3/c1-31-17-6-8-19(9-7-17)32-18-4-2-16(3-5-18)21-22(23(25)30)29-24(28-21)20(14-27-29)15-10-12-26-13-11-15/h2-9,14-15,26,28H,10-13H2,1H3,(H2,25,30). The Hall–Kier alpha value is -3.78. The number of nitrogens with zero attached hydrogens (tertiary/aromatic N) is 2. The molecule has 5 rings (SSSR count). The Bertz CT molecular complexity index is 1240. The van der Waals surface area contributed by atoms with Crippen molar-refractivity contribution in [3.05, 3.63) is 66.0 Å². The molecule has 0 spiro atoms. The van der Waals surface area contributed by atoms with Crippen LogP contribution in [0.4, 0.5) is 0 Å². The van der Waals surface area contributed by atoms with E-state index >= 15 is 0 Å². The summed E-state index contributed by atoms with van der Waals surface area (Å²) in [5.41, 5.74) is 9.54. The lowest BCUT2D eigenvalue weighted by molar-refractivity contribution is 0.0994. The van der Waals surface area contributed by atoms with Crippen molar-refractivity contribution in [2.45, 2.75) is 18.8 Å². The summed E-state index contributed by atoms with van der Waals surface area (Å²) in [4.78, 5) is 15.7. The number of fused-ring (bicyclic) bond motifs is 1. The van der Waals surface area contributed by atoms with Gasteiger partial charge in [-0.2, -0.15) is 5.10 Å². The van der Waals surface area contributed by atoms with Crippen molar-refractivity contribution >= 4 is 11.6 Å². The summed E-state index contributed by atoms with van der Waals surface area (Å²) in [6, 6.07) is 14.9. The lowest BCUT2D eigenvalue weighted by Gasteiger charge is -2.21. The second kappa shape index (κ2) is 8.39. The van der Waals surface area contributed by atoms with E-state index in [2.05, 4.69) is 15.4 Å². The van der Waals surface area contributed by atoms with Crippen LogP contribution < -0.4 is 20.5 Å². The molecule has 0 radical (unpaired) electrons.